The van der Waals surface area contributed by atoms with Crippen LogP contribution >= 0.6 is 0 Å². The third-order valence-electron chi connectivity index (χ3n) is 4.64. The first-order valence-electron chi connectivity index (χ1n) is 10.3. The molecule has 0 radical (unpaired) electrons. The zero-order valence-electron chi connectivity index (χ0n) is 18.8. The summed E-state index contributed by atoms with van der Waals surface area (Å²) in [6.07, 6.45) is 1.48. The molecule has 3 aromatic rings. The third kappa shape index (κ3) is 6.63. The average Bonchev–Trinajstić information content (AvgIpc) is 3.23. The van der Waals surface area contributed by atoms with Crippen LogP contribution in [0.15, 0.2) is 60.9 Å². The van der Waals surface area contributed by atoms with Gasteiger partial charge in [0.05, 0.1) is 12.1 Å². The molecule has 0 fully saturated rings. The Morgan fingerprint density at radius 2 is 1.70 bits per heavy atom. The van der Waals surface area contributed by atoms with Crippen molar-refractivity contribution in [2.45, 2.75) is 32.9 Å². The van der Waals surface area contributed by atoms with Gasteiger partial charge in [-0.05, 0) is 44.5 Å². The molecular weight excluding hydrogens is 422 g/mol. The van der Waals surface area contributed by atoms with E-state index in [0.717, 1.165) is 5.56 Å². The molecule has 0 saturated carbocycles. The van der Waals surface area contributed by atoms with Crippen LogP contribution < -0.4 is 21.3 Å². The molecule has 0 aliphatic carbocycles. The van der Waals surface area contributed by atoms with Gasteiger partial charge in [0.15, 0.2) is 0 Å². The maximum absolute atomic E-state index is 12.4. The minimum atomic E-state index is -0.898. The molecule has 172 valence electrons. The number of nitrogens with one attached hydrogen (secondary N) is 2. The van der Waals surface area contributed by atoms with Crippen LogP contribution in [-0.2, 0) is 26.5 Å². The SMILES string of the molecule is CC(C)(C)n1cnc(NC(=O)C(=O)Nc2cccc(N(CC(N)=O)Cc3ccccc3)c2)n1. The number of hydrogen-bond donors (Lipinski definition) is 3. The van der Waals surface area contributed by atoms with Crippen LogP contribution in [0.3, 0.4) is 0 Å². The van der Waals surface area contributed by atoms with Crippen molar-refractivity contribution < 1.29 is 14.4 Å². The average molecular weight is 450 g/mol. The Balaban J connectivity index is 1.69. The van der Waals surface area contributed by atoms with Crippen LogP contribution in [0.1, 0.15) is 26.3 Å². The molecule has 10 heteroatoms. The molecule has 4 N–H and O–H groups in total. The van der Waals surface area contributed by atoms with E-state index < -0.39 is 17.7 Å². The van der Waals surface area contributed by atoms with E-state index in [2.05, 4.69) is 20.7 Å². The van der Waals surface area contributed by atoms with E-state index in [4.69, 9.17) is 5.73 Å². The van der Waals surface area contributed by atoms with Gasteiger partial charge in [-0.25, -0.2) is 9.67 Å². The molecule has 1 heterocycles. The van der Waals surface area contributed by atoms with Crippen LogP contribution in [0, 0.1) is 0 Å². The van der Waals surface area contributed by atoms with Crippen LogP contribution in [0.5, 0.6) is 0 Å². The van der Waals surface area contributed by atoms with Crippen molar-refractivity contribution in [2.24, 2.45) is 5.73 Å². The lowest BCUT2D eigenvalue weighted by atomic mass is 10.1. The van der Waals surface area contributed by atoms with Gasteiger partial charge in [0.25, 0.3) is 0 Å². The van der Waals surface area contributed by atoms with Crippen LogP contribution in [-0.4, -0.2) is 39.0 Å². The Kier molecular flexibility index (Phi) is 7.07. The van der Waals surface area contributed by atoms with E-state index in [1.807, 2.05) is 51.1 Å². The first kappa shape index (κ1) is 23.5. The van der Waals surface area contributed by atoms with Gasteiger partial charge in [0.1, 0.15) is 6.33 Å². The van der Waals surface area contributed by atoms with Crippen molar-refractivity contribution in [2.75, 3.05) is 22.1 Å². The van der Waals surface area contributed by atoms with E-state index >= 15 is 0 Å². The van der Waals surface area contributed by atoms with E-state index in [1.54, 1.807) is 33.8 Å². The summed E-state index contributed by atoms with van der Waals surface area (Å²) < 4.78 is 1.59. The van der Waals surface area contributed by atoms with Crippen LogP contribution in [0.25, 0.3) is 0 Å². The van der Waals surface area contributed by atoms with Gasteiger partial charge in [-0.1, -0.05) is 36.4 Å². The van der Waals surface area contributed by atoms with E-state index in [0.29, 0.717) is 17.9 Å². The number of carbonyl (C=O) groups excluding carboxylic acids is 3. The predicted molar refractivity (Wildman–Crippen MR) is 125 cm³/mol. The number of anilines is 3. The normalized spacial score (nSPS) is 11.0. The van der Waals surface area contributed by atoms with E-state index in [1.165, 1.54) is 6.33 Å². The standard InChI is InChI=1S/C23H27N7O3/c1-23(2,3)30-15-25-22(28-30)27-21(33)20(32)26-17-10-7-11-18(12-17)29(14-19(24)31)13-16-8-5-4-6-9-16/h4-12,15H,13-14H2,1-3H3,(H2,24,31)(H,26,32)(H,27,28,33). The number of primary amides is 1. The van der Waals surface area contributed by atoms with Crippen molar-refractivity contribution in [3.8, 4) is 0 Å². The first-order chi connectivity index (χ1) is 15.6. The summed E-state index contributed by atoms with van der Waals surface area (Å²) in [6.45, 7) is 6.25. The number of nitrogens with two attached hydrogens (primary N) is 1. The minimum Gasteiger partial charge on any atom is -0.368 e. The molecule has 0 saturated heterocycles. The fourth-order valence-corrected chi connectivity index (χ4v) is 3.00. The quantitative estimate of drug-likeness (QED) is 0.473. The van der Waals surface area contributed by atoms with Crippen LogP contribution in [0.2, 0.25) is 0 Å². The molecule has 0 aliphatic heterocycles. The highest BCUT2D eigenvalue weighted by molar-refractivity contribution is 6.43. The lowest BCUT2D eigenvalue weighted by Gasteiger charge is -2.24. The number of benzene rings is 2. The molecule has 0 aliphatic rings. The second kappa shape index (κ2) is 9.94. The Morgan fingerprint density at radius 1 is 1.00 bits per heavy atom. The summed E-state index contributed by atoms with van der Waals surface area (Å²) in [6, 6.07) is 16.4. The number of nitrogens with zero attached hydrogens (tertiary/aromatic N) is 4. The zero-order valence-corrected chi connectivity index (χ0v) is 18.8. The van der Waals surface area contributed by atoms with E-state index in [-0.39, 0.29) is 18.0 Å². The van der Waals surface area contributed by atoms with Gasteiger partial charge in [-0.3, -0.25) is 19.7 Å². The fourth-order valence-electron chi connectivity index (χ4n) is 3.00. The molecule has 0 bridgehead atoms. The molecule has 3 rings (SSSR count). The third-order valence-corrected chi connectivity index (χ3v) is 4.64. The van der Waals surface area contributed by atoms with Gasteiger partial charge in [-0.15, -0.1) is 5.10 Å². The molecule has 0 spiro atoms. The van der Waals surface area contributed by atoms with Crippen molar-refractivity contribution >= 4 is 35.0 Å². The van der Waals surface area contributed by atoms with Crippen molar-refractivity contribution in [1.29, 1.82) is 0 Å². The highest BCUT2D eigenvalue weighted by Gasteiger charge is 2.19. The molecule has 1 aromatic heterocycles. The summed E-state index contributed by atoms with van der Waals surface area (Å²) in [5.74, 6) is -2.22. The molecule has 3 amide bonds. The van der Waals surface area contributed by atoms with Crippen molar-refractivity contribution in [3.05, 3.63) is 66.5 Å². The monoisotopic (exact) mass is 449 g/mol. The van der Waals surface area contributed by atoms with E-state index in [9.17, 15) is 14.4 Å². The summed E-state index contributed by atoms with van der Waals surface area (Å²) >= 11 is 0. The lowest BCUT2D eigenvalue weighted by Crippen LogP contribution is -2.33. The molecule has 2 aromatic carbocycles. The van der Waals surface area contributed by atoms with Gasteiger partial charge in [-0.2, -0.15) is 0 Å². The molecule has 0 unspecified atom stereocenters. The number of amides is 3. The second-order valence-corrected chi connectivity index (χ2v) is 8.45. The molecular formula is C23H27N7O3. The summed E-state index contributed by atoms with van der Waals surface area (Å²) in [5.41, 5.74) is 7.17. The molecule has 10 nitrogen and oxygen atoms in total. The predicted octanol–water partition coefficient (Wildman–Crippen LogP) is 2.10. The second-order valence-electron chi connectivity index (χ2n) is 8.45. The minimum absolute atomic E-state index is 0.00507. The van der Waals surface area contributed by atoms with Crippen molar-refractivity contribution in [3.63, 3.8) is 0 Å². The van der Waals surface area contributed by atoms with Crippen LogP contribution in [0.4, 0.5) is 17.3 Å². The number of aromatic nitrogens is 3. The maximum Gasteiger partial charge on any atom is 0.316 e. The smallest absolute Gasteiger partial charge is 0.316 e. The Hall–Kier alpha value is -4.21. The largest absolute Gasteiger partial charge is 0.368 e. The number of hydrogen-bond acceptors (Lipinski definition) is 6. The first-order valence-corrected chi connectivity index (χ1v) is 10.3. The zero-order chi connectivity index (χ0) is 24.0. The van der Waals surface area contributed by atoms with Gasteiger partial charge in [0.2, 0.25) is 11.9 Å². The highest BCUT2D eigenvalue weighted by Crippen LogP contribution is 2.21. The molecule has 0 atom stereocenters. The summed E-state index contributed by atoms with van der Waals surface area (Å²) in [5, 5.41) is 9.10. The Labute approximate surface area is 191 Å². The Morgan fingerprint density at radius 3 is 2.33 bits per heavy atom. The topological polar surface area (TPSA) is 135 Å². The maximum atomic E-state index is 12.4. The van der Waals surface area contributed by atoms with Gasteiger partial charge < -0.3 is 16.0 Å². The Bertz CT molecular complexity index is 1140. The molecule has 33 heavy (non-hydrogen) atoms. The summed E-state index contributed by atoms with van der Waals surface area (Å²) in [4.78, 5) is 42.1. The lowest BCUT2D eigenvalue weighted by molar-refractivity contribution is -0.133. The summed E-state index contributed by atoms with van der Waals surface area (Å²) in [7, 11) is 0. The highest BCUT2D eigenvalue weighted by atomic mass is 16.2. The van der Waals surface area contributed by atoms with Gasteiger partial charge >= 0.3 is 11.8 Å². The fraction of sp³-hybridized carbons (Fsp3) is 0.261. The van der Waals surface area contributed by atoms with Crippen molar-refractivity contribution in [1.82, 2.24) is 14.8 Å². The number of carbonyl (C=O) groups is 3. The van der Waals surface area contributed by atoms with Gasteiger partial charge in [0, 0.05) is 17.9 Å². The number of rotatable bonds is 7.